The lowest BCUT2D eigenvalue weighted by Gasteiger charge is -2.04. The third-order valence-corrected chi connectivity index (χ3v) is 2.67. The lowest BCUT2D eigenvalue weighted by molar-refractivity contribution is 0.475. The molecule has 0 radical (unpaired) electrons. The van der Waals surface area contributed by atoms with Crippen molar-refractivity contribution in [2.45, 2.75) is 25.9 Å². The second-order valence-corrected chi connectivity index (χ2v) is 4.54. The van der Waals surface area contributed by atoms with Crippen LogP contribution < -0.4 is 5.73 Å². The Bertz CT molecular complexity index is 471. The predicted molar refractivity (Wildman–Crippen MR) is 69.0 cm³/mol. The van der Waals surface area contributed by atoms with Gasteiger partial charge in [-0.25, -0.2) is 0 Å². The second-order valence-electron chi connectivity index (χ2n) is 4.54. The minimum Gasteiger partial charge on any atom is -0.508 e. The Morgan fingerprint density at radius 3 is 2.53 bits per heavy atom. The summed E-state index contributed by atoms with van der Waals surface area (Å²) in [4.78, 5) is 0. The van der Waals surface area contributed by atoms with Gasteiger partial charge in [0.25, 0.3) is 0 Å². The molecule has 2 rings (SSSR count). The summed E-state index contributed by atoms with van der Waals surface area (Å²) in [6.07, 6.45) is 5.09. The largest absolute Gasteiger partial charge is 0.508 e. The Labute approximate surface area is 102 Å². The zero-order valence-electron chi connectivity index (χ0n) is 10.0. The van der Waals surface area contributed by atoms with Crippen LogP contribution in [0.25, 0.3) is 0 Å². The summed E-state index contributed by atoms with van der Waals surface area (Å²) >= 11 is 0. The fourth-order valence-corrected chi connectivity index (χ4v) is 1.89. The molecule has 0 aliphatic carbocycles. The van der Waals surface area contributed by atoms with Crippen LogP contribution in [0.2, 0.25) is 0 Å². The molecular formula is C14H18N2O. The maximum atomic E-state index is 9.21. The van der Waals surface area contributed by atoms with Crippen molar-refractivity contribution in [1.82, 2.24) is 4.57 Å². The quantitative estimate of drug-likeness (QED) is 0.845. The van der Waals surface area contributed by atoms with E-state index in [4.69, 9.17) is 5.73 Å². The molecule has 2 aromatic rings. The number of hydrogen-bond donors (Lipinski definition) is 2. The molecule has 3 N–H and O–H groups in total. The van der Waals surface area contributed by atoms with E-state index in [0.717, 1.165) is 13.0 Å². The van der Waals surface area contributed by atoms with E-state index >= 15 is 0 Å². The minimum atomic E-state index is 0.194. The van der Waals surface area contributed by atoms with Crippen LogP contribution in [0.5, 0.6) is 5.75 Å². The Kier molecular flexibility index (Phi) is 3.49. The van der Waals surface area contributed by atoms with Gasteiger partial charge in [0.2, 0.25) is 0 Å². The average molecular weight is 230 g/mol. The molecule has 3 nitrogen and oxygen atoms in total. The highest BCUT2D eigenvalue weighted by atomic mass is 16.3. The van der Waals surface area contributed by atoms with Gasteiger partial charge in [-0.05, 0) is 42.7 Å². The molecule has 1 heterocycles. The molecule has 1 unspecified atom stereocenters. The lowest BCUT2D eigenvalue weighted by Crippen LogP contribution is -2.17. The van der Waals surface area contributed by atoms with Crippen molar-refractivity contribution in [2.24, 2.45) is 5.73 Å². The van der Waals surface area contributed by atoms with Crippen molar-refractivity contribution in [2.75, 3.05) is 0 Å². The zero-order chi connectivity index (χ0) is 12.3. The molecule has 0 saturated carbocycles. The maximum absolute atomic E-state index is 9.21. The molecule has 0 bridgehead atoms. The number of aromatic hydroxyl groups is 1. The van der Waals surface area contributed by atoms with E-state index in [2.05, 4.69) is 23.0 Å². The van der Waals surface area contributed by atoms with Crippen LogP contribution in [0, 0.1) is 0 Å². The number of rotatable bonds is 4. The molecule has 1 aromatic carbocycles. The summed E-state index contributed by atoms with van der Waals surface area (Å²) in [5, 5.41) is 9.21. The van der Waals surface area contributed by atoms with E-state index in [0.29, 0.717) is 5.75 Å². The maximum Gasteiger partial charge on any atom is 0.115 e. The van der Waals surface area contributed by atoms with Crippen LogP contribution in [-0.2, 0) is 13.0 Å². The van der Waals surface area contributed by atoms with E-state index in [1.165, 1.54) is 11.1 Å². The lowest BCUT2D eigenvalue weighted by atomic mass is 10.1. The van der Waals surface area contributed by atoms with E-state index in [1.54, 1.807) is 12.1 Å². The number of phenolic OH excluding ortho intramolecular Hbond substituents is 1. The molecule has 0 spiro atoms. The molecule has 90 valence electrons. The molecule has 0 aliphatic rings. The molecule has 0 fully saturated rings. The van der Waals surface area contributed by atoms with Crippen molar-refractivity contribution >= 4 is 0 Å². The van der Waals surface area contributed by atoms with Gasteiger partial charge in [0, 0.05) is 25.0 Å². The highest BCUT2D eigenvalue weighted by Crippen LogP contribution is 2.12. The first-order valence-corrected chi connectivity index (χ1v) is 5.81. The third kappa shape index (κ3) is 3.36. The first-order valence-electron chi connectivity index (χ1n) is 5.81. The van der Waals surface area contributed by atoms with E-state index in [-0.39, 0.29) is 6.04 Å². The van der Waals surface area contributed by atoms with E-state index < -0.39 is 0 Å². The summed E-state index contributed by atoms with van der Waals surface area (Å²) in [6, 6.07) is 9.58. The van der Waals surface area contributed by atoms with Gasteiger partial charge < -0.3 is 15.4 Å². The normalized spacial score (nSPS) is 12.6. The molecule has 1 atom stereocenters. The van der Waals surface area contributed by atoms with Gasteiger partial charge in [-0.1, -0.05) is 12.1 Å². The van der Waals surface area contributed by atoms with Crippen LogP contribution in [0.3, 0.4) is 0 Å². The van der Waals surface area contributed by atoms with Crippen molar-refractivity contribution in [3.05, 3.63) is 53.9 Å². The molecule has 0 amide bonds. The summed E-state index contributed by atoms with van der Waals surface area (Å²) in [6.45, 7) is 2.83. The summed E-state index contributed by atoms with van der Waals surface area (Å²) in [5.74, 6) is 0.305. The molecule has 1 aromatic heterocycles. The first kappa shape index (κ1) is 11.7. The number of benzene rings is 1. The second kappa shape index (κ2) is 5.06. The highest BCUT2D eigenvalue weighted by molar-refractivity contribution is 5.26. The summed E-state index contributed by atoms with van der Waals surface area (Å²) in [5.41, 5.74) is 8.20. The fourth-order valence-electron chi connectivity index (χ4n) is 1.89. The number of aromatic nitrogens is 1. The first-order chi connectivity index (χ1) is 8.13. The van der Waals surface area contributed by atoms with E-state index in [1.807, 2.05) is 19.1 Å². The molecule has 17 heavy (non-hydrogen) atoms. The topological polar surface area (TPSA) is 51.2 Å². The molecule has 0 aliphatic heterocycles. The average Bonchev–Trinajstić information content (AvgIpc) is 2.68. The van der Waals surface area contributed by atoms with Gasteiger partial charge in [0.15, 0.2) is 0 Å². The van der Waals surface area contributed by atoms with Crippen LogP contribution in [0.15, 0.2) is 42.7 Å². The van der Waals surface area contributed by atoms with Gasteiger partial charge in [-0.2, -0.15) is 0 Å². The standard InChI is InChI=1S/C14H18N2O/c1-11(15)8-13-6-7-16(10-13)9-12-2-4-14(17)5-3-12/h2-7,10-11,17H,8-9,15H2,1H3. The molecule has 3 heteroatoms. The van der Waals surface area contributed by atoms with Gasteiger partial charge >= 0.3 is 0 Å². The minimum absolute atomic E-state index is 0.194. The van der Waals surface area contributed by atoms with Gasteiger partial charge in [-0.3, -0.25) is 0 Å². The highest BCUT2D eigenvalue weighted by Gasteiger charge is 2.01. The van der Waals surface area contributed by atoms with Crippen molar-refractivity contribution < 1.29 is 5.11 Å². The van der Waals surface area contributed by atoms with Crippen molar-refractivity contribution in [3.63, 3.8) is 0 Å². The number of hydrogen-bond acceptors (Lipinski definition) is 2. The Balaban J connectivity index is 2.03. The van der Waals surface area contributed by atoms with Crippen LogP contribution >= 0.6 is 0 Å². The monoisotopic (exact) mass is 230 g/mol. The summed E-state index contributed by atoms with van der Waals surface area (Å²) in [7, 11) is 0. The van der Waals surface area contributed by atoms with Crippen LogP contribution in [0.1, 0.15) is 18.1 Å². The zero-order valence-corrected chi connectivity index (χ0v) is 10.0. The third-order valence-electron chi connectivity index (χ3n) is 2.67. The number of nitrogens with two attached hydrogens (primary N) is 1. The SMILES string of the molecule is CC(N)Cc1ccn(Cc2ccc(O)cc2)c1. The number of phenols is 1. The Morgan fingerprint density at radius 1 is 1.18 bits per heavy atom. The summed E-state index contributed by atoms with van der Waals surface area (Å²) < 4.78 is 2.13. The van der Waals surface area contributed by atoms with Crippen molar-refractivity contribution in [3.8, 4) is 5.75 Å². The molecular weight excluding hydrogens is 212 g/mol. The van der Waals surface area contributed by atoms with Crippen LogP contribution in [-0.4, -0.2) is 15.7 Å². The van der Waals surface area contributed by atoms with Gasteiger partial charge in [0.05, 0.1) is 0 Å². The van der Waals surface area contributed by atoms with Gasteiger partial charge in [-0.15, -0.1) is 0 Å². The Hall–Kier alpha value is -1.74. The van der Waals surface area contributed by atoms with Crippen LogP contribution in [0.4, 0.5) is 0 Å². The van der Waals surface area contributed by atoms with Crippen molar-refractivity contribution in [1.29, 1.82) is 0 Å². The van der Waals surface area contributed by atoms with Gasteiger partial charge in [0.1, 0.15) is 5.75 Å². The van der Waals surface area contributed by atoms with E-state index in [9.17, 15) is 5.11 Å². The fraction of sp³-hybridized carbons (Fsp3) is 0.286. The predicted octanol–water partition coefficient (Wildman–Crippen LogP) is 2.13. The Morgan fingerprint density at radius 2 is 1.88 bits per heavy atom. The molecule has 0 saturated heterocycles. The number of nitrogens with zero attached hydrogens (tertiary/aromatic N) is 1. The smallest absolute Gasteiger partial charge is 0.115 e.